The van der Waals surface area contributed by atoms with Crippen molar-refractivity contribution in [3.63, 3.8) is 0 Å². The first-order valence-electron chi connectivity index (χ1n) is 7.77. The van der Waals surface area contributed by atoms with E-state index in [1.165, 1.54) is 64.6 Å². The minimum absolute atomic E-state index is 0.799. The number of hydrogen-bond acceptors (Lipinski definition) is 2. The number of piperidine rings is 1. The van der Waals surface area contributed by atoms with Gasteiger partial charge in [-0.2, -0.15) is 0 Å². The summed E-state index contributed by atoms with van der Waals surface area (Å²) in [7, 11) is 0. The van der Waals surface area contributed by atoms with Crippen molar-refractivity contribution < 1.29 is 0 Å². The first-order chi connectivity index (χ1) is 8.29. The molecule has 0 bridgehead atoms. The van der Waals surface area contributed by atoms with E-state index in [0.29, 0.717) is 0 Å². The summed E-state index contributed by atoms with van der Waals surface area (Å²) >= 11 is 0. The Kier molecular flexibility index (Phi) is 5.30. The molecule has 1 aliphatic carbocycles. The van der Waals surface area contributed by atoms with Crippen LogP contribution >= 0.6 is 0 Å². The Labute approximate surface area is 107 Å². The molecule has 0 spiro atoms. The Morgan fingerprint density at radius 1 is 1.12 bits per heavy atom. The average molecular weight is 238 g/mol. The molecule has 2 atom stereocenters. The molecule has 17 heavy (non-hydrogen) atoms. The zero-order valence-electron chi connectivity index (χ0n) is 11.8. The largest absolute Gasteiger partial charge is 0.314 e. The Morgan fingerprint density at radius 2 is 1.88 bits per heavy atom. The predicted molar refractivity (Wildman–Crippen MR) is 74.3 cm³/mol. The molecule has 0 aromatic heterocycles. The van der Waals surface area contributed by atoms with E-state index in [9.17, 15) is 0 Å². The van der Waals surface area contributed by atoms with Gasteiger partial charge in [0.05, 0.1) is 0 Å². The minimum Gasteiger partial charge on any atom is -0.314 e. The molecular formula is C15H30N2. The molecule has 2 aliphatic rings. The van der Waals surface area contributed by atoms with Gasteiger partial charge in [-0.15, -0.1) is 0 Å². The number of nitrogens with one attached hydrogen (secondary N) is 1. The molecule has 2 fully saturated rings. The van der Waals surface area contributed by atoms with Crippen molar-refractivity contribution in [3.05, 3.63) is 0 Å². The van der Waals surface area contributed by atoms with E-state index >= 15 is 0 Å². The molecule has 2 unspecified atom stereocenters. The number of nitrogens with zero attached hydrogens (tertiary/aromatic N) is 1. The molecule has 1 heterocycles. The topological polar surface area (TPSA) is 15.3 Å². The van der Waals surface area contributed by atoms with Gasteiger partial charge in [0.1, 0.15) is 0 Å². The maximum Gasteiger partial charge on any atom is 0.0110 e. The fourth-order valence-electron chi connectivity index (χ4n) is 3.42. The SMILES string of the molecule is CCCNC1CCCC(N2CCC(C)CC2)C1. The van der Waals surface area contributed by atoms with Crippen LogP contribution in [0.4, 0.5) is 0 Å². The quantitative estimate of drug-likeness (QED) is 0.810. The van der Waals surface area contributed by atoms with Crippen LogP contribution in [0, 0.1) is 5.92 Å². The lowest BCUT2D eigenvalue weighted by molar-refractivity contribution is 0.100. The van der Waals surface area contributed by atoms with Crippen LogP contribution in [-0.4, -0.2) is 36.6 Å². The maximum atomic E-state index is 3.72. The highest BCUT2D eigenvalue weighted by Crippen LogP contribution is 2.27. The number of likely N-dealkylation sites (tertiary alicyclic amines) is 1. The molecule has 0 amide bonds. The predicted octanol–water partition coefficient (Wildman–Crippen LogP) is 3.03. The molecule has 1 saturated heterocycles. The normalized spacial score (nSPS) is 32.8. The average Bonchev–Trinajstić information content (AvgIpc) is 2.37. The molecule has 1 N–H and O–H groups in total. The van der Waals surface area contributed by atoms with Crippen molar-refractivity contribution in [1.29, 1.82) is 0 Å². The zero-order chi connectivity index (χ0) is 12.1. The highest BCUT2D eigenvalue weighted by atomic mass is 15.2. The summed E-state index contributed by atoms with van der Waals surface area (Å²) < 4.78 is 0. The van der Waals surface area contributed by atoms with Crippen LogP contribution in [-0.2, 0) is 0 Å². The fourth-order valence-corrected chi connectivity index (χ4v) is 3.42. The van der Waals surface area contributed by atoms with E-state index in [1.54, 1.807) is 0 Å². The zero-order valence-corrected chi connectivity index (χ0v) is 11.8. The van der Waals surface area contributed by atoms with Gasteiger partial charge in [0, 0.05) is 12.1 Å². The van der Waals surface area contributed by atoms with Crippen LogP contribution < -0.4 is 5.32 Å². The van der Waals surface area contributed by atoms with Crippen molar-refractivity contribution in [2.75, 3.05) is 19.6 Å². The Hall–Kier alpha value is -0.0800. The summed E-state index contributed by atoms with van der Waals surface area (Å²) in [5, 5.41) is 3.72. The summed E-state index contributed by atoms with van der Waals surface area (Å²) in [6, 6.07) is 1.68. The number of rotatable bonds is 4. The Balaban J connectivity index is 1.76. The van der Waals surface area contributed by atoms with E-state index < -0.39 is 0 Å². The third-order valence-electron chi connectivity index (χ3n) is 4.66. The van der Waals surface area contributed by atoms with Crippen LogP contribution in [0.3, 0.4) is 0 Å². The number of hydrogen-bond donors (Lipinski definition) is 1. The molecule has 2 nitrogen and oxygen atoms in total. The second kappa shape index (κ2) is 6.75. The molecule has 1 saturated carbocycles. The van der Waals surface area contributed by atoms with Gasteiger partial charge in [0.2, 0.25) is 0 Å². The molecule has 0 aromatic rings. The molecule has 0 aromatic carbocycles. The van der Waals surface area contributed by atoms with Gasteiger partial charge in [-0.3, -0.25) is 0 Å². The fraction of sp³-hybridized carbons (Fsp3) is 1.00. The van der Waals surface area contributed by atoms with Crippen molar-refractivity contribution in [2.24, 2.45) is 5.92 Å². The lowest BCUT2D eigenvalue weighted by Gasteiger charge is -2.41. The summed E-state index contributed by atoms with van der Waals surface area (Å²) in [6.45, 7) is 8.58. The van der Waals surface area contributed by atoms with Crippen LogP contribution in [0.15, 0.2) is 0 Å². The van der Waals surface area contributed by atoms with E-state index in [2.05, 4.69) is 24.1 Å². The van der Waals surface area contributed by atoms with Crippen LogP contribution in [0.25, 0.3) is 0 Å². The first-order valence-corrected chi connectivity index (χ1v) is 7.77. The summed E-state index contributed by atoms with van der Waals surface area (Å²) in [5.74, 6) is 0.962. The second-order valence-electron chi connectivity index (χ2n) is 6.19. The third kappa shape index (κ3) is 3.96. The van der Waals surface area contributed by atoms with Gasteiger partial charge in [0.25, 0.3) is 0 Å². The monoisotopic (exact) mass is 238 g/mol. The molecular weight excluding hydrogens is 208 g/mol. The van der Waals surface area contributed by atoms with Gasteiger partial charge < -0.3 is 10.2 Å². The van der Waals surface area contributed by atoms with Gasteiger partial charge >= 0.3 is 0 Å². The standard InChI is InChI=1S/C15H30N2/c1-3-9-16-14-5-4-6-15(12-14)17-10-7-13(2)8-11-17/h13-16H,3-12H2,1-2H3. The smallest absolute Gasteiger partial charge is 0.0110 e. The molecule has 2 heteroatoms. The molecule has 1 aliphatic heterocycles. The third-order valence-corrected chi connectivity index (χ3v) is 4.66. The Morgan fingerprint density at radius 3 is 2.59 bits per heavy atom. The molecule has 0 radical (unpaired) electrons. The van der Waals surface area contributed by atoms with Gasteiger partial charge in [-0.05, 0) is 64.1 Å². The maximum absolute atomic E-state index is 3.72. The van der Waals surface area contributed by atoms with Crippen molar-refractivity contribution in [2.45, 2.75) is 70.9 Å². The summed E-state index contributed by atoms with van der Waals surface area (Å²) in [4.78, 5) is 2.78. The van der Waals surface area contributed by atoms with Crippen molar-refractivity contribution >= 4 is 0 Å². The van der Waals surface area contributed by atoms with Crippen LogP contribution in [0.1, 0.15) is 58.8 Å². The van der Waals surface area contributed by atoms with E-state index in [0.717, 1.165) is 18.0 Å². The van der Waals surface area contributed by atoms with Crippen molar-refractivity contribution in [1.82, 2.24) is 10.2 Å². The van der Waals surface area contributed by atoms with Gasteiger partial charge in [-0.1, -0.05) is 20.3 Å². The summed E-state index contributed by atoms with van der Waals surface area (Å²) in [6.07, 6.45) is 9.78. The highest BCUT2D eigenvalue weighted by Gasteiger charge is 2.28. The van der Waals surface area contributed by atoms with E-state index in [1.807, 2.05) is 0 Å². The summed E-state index contributed by atoms with van der Waals surface area (Å²) in [5.41, 5.74) is 0. The van der Waals surface area contributed by atoms with E-state index in [-0.39, 0.29) is 0 Å². The van der Waals surface area contributed by atoms with Gasteiger partial charge in [0.15, 0.2) is 0 Å². The van der Waals surface area contributed by atoms with Gasteiger partial charge in [-0.25, -0.2) is 0 Å². The van der Waals surface area contributed by atoms with Crippen molar-refractivity contribution in [3.8, 4) is 0 Å². The molecule has 100 valence electrons. The Bertz CT molecular complexity index is 209. The highest BCUT2D eigenvalue weighted by molar-refractivity contribution is 4.85. The van der Waals surface area contributed by atoms with Crippen LogP contribution in [0.2, 0.25) is 0 Å². The lowest BCUT2D eigenvalue weighted by atomic mass is 9.88. The second-order valence-corrected chi connectivity index (χ2v) is 6.19. The van der Waals surface area contributed by atoms with E-state index in [4.69, 9.17) is 0 Å². The van der Waals surface area contributed by atoms with Crippen LogP contribution in [0.5, 0.6) is 0 Å². The molecule has 2 rings (SSSR count). The lowest BCUT2D eigenvalue weighted by Crippen LogP contribution is -2.47. The first kappa shape index (κ1) is 13.4. The minimum atomic E-state index is 0.799.